The molecule has 0 atom stereocenters. The van der Waals surface area contributed by atoms with Crippen molar-refractivity contribution in [1.82, 2.24) is 4.98 Å². The lowest BCUT2D eigenvalue weighted by Gasteiger charge is -2.28. The molecule has 55 heavy (non-hydrogen) atoms. The summed E-state index contributed by atoms with van der Waals surface area (Å²) in [6, 6.07) is 76.3. The molecule has 0 spiro atoms. The van der Waals surface area contributed by atoms with Crippen molar-refractivity contribution >= 4 is 74.1 Å². The van der Waals surface area contributed by atoms with Gasteiger partial charge in [0.15, 0.2) is 5.58 Å². The molecular formula is C51H36N2OSi. The number of aromatic nitrogens is 1. The topological polar surface area (TPSA) is 29.3 Å². The van der Waals surface area contributed by atoms with E-state index in [1.54, 1.807) is 0 Å². The maximum Gasteiger partial charge on any atom is 0.227 e. The molecule has 260 valence electrons. The maximum atomic E-state index is 6.62. The summed E-state index contributed by atoms with van der Waals surface area (Å²) < 4.78 is 6.62. The predicted octanol–water partition coefficient (Wildman–Crippen LogP) is 11.2. The molecule has 10 aromatic rings. The van der Waals surface area contributed by atoms with Gasteiger partial charge in [-0.05, 0) is 81.9 Å². The highest BCUT2D eigenvalue weighted by atomic mass is 28.3. The highest BCUT2D eigenvalue weighted by Crippen LogP contribution is 2.41. The zero-order valence-electron chi connectivity index (χ0n) is 30.1. The molecule has 0 unspecified atom stereocenters. The van der Waals surface area contributed by atoms with E-state index >= 15 is 0 Å². The van der Waals surface area contributed by atoms with Crippen molar-refractivity contribution in [2.24, 2.45) is 0 Å². The van der Waals surface area contributed by atoms with Gasteiger partial charge in [-0.15, -0.1) is 0 Å². The molecule has 0 aliphatic carbocycles. The van der Waals surface area contributed by atoms with Crippen LogP contribution in [0.1, 0.15) is 0 Å². The maximum absolute atomic E-state index is 6.62. The molecule has 0 aliphatic heterocycles. The highest BCUT2D eigenvalue weighted by molar-refractivity contribution is 6.95. The van der Waals surface area contributed by atoms with Gasteiger partial charge in [-0.25, -0.2) is 4.98 Å². The number of hydrogen-bond donors (Lipinski definition) is 0. The Balaban J connectivity index is 1.19. The van der Waals surface area contributed by atoms with Gasteiger partial charge in [-0.1, -0.05) is 173 Å². The van der Waals surface area contributed by atoms with Crippen LogP contribution in [0.3, 0.4) is 0 Å². The van der Waals surface area contributed by atoms with Gasteiger partial charge in [-0.2, -0.15) is 0 Å². The van der Waals surface area contributed by atoms with E-state index in [1.807, 2.05) is 30.3 Å². The number of hydrogen-bond acceptors (Lipinski definition) is 3. The molecule has 0 bridgehead atoms. The van der Waals surface area contributed by atoms with E-state index in [9.17, 15) is 0 Å². The Morgan fingerprint density at radius 2 is 0.927 bits per heavy atom. The van der Waals surface area contributed by atoms with E-state index in [4.69, 9.17) is 9.40 Å². The average molecular weight is 721 g/mol. The first-order valence-electron chi connectivity index (χ1n) is 18.7. The second-order valence-electron chi connectivity index (χ2n) is 14.0. The Morgan fingerprint density at radius 1 is 0.400 bits per heavy atom. The summed E-state index contributed by atoms with van der Waals surface area (Å²) in [7, 11) is -1.80. The smallest absolute Gasteiger partial charge is 0.227 e. The van der Waals surface area contributed by atoms with Crippen molar-refractivity contribution in [1.29, 1.82) is 0 Å². The van der Waals surface area contributed by atoms with E-state index in [0.717, 1.165) is 55.3 Å². The van der Waals surface area contributed by atoms with E-state index in [0.29, 0.717) is 5.89 Å². The molecule has 1 heterocycles. The minimum atomic E-state index is -1.80. The zero-order valence-corrected chi connectivity index (χ0v) is 31.2. The minimum Gasteiger partial charge on any atom is -0.435 e. The van der Waals surface area contributed by atoms with Crippen LogP contribution in [-0.2, 0) is 0 Å². The zero-order chi connectivity index (χ0) is 36.6. The molecule has 0 N–H and O–H groups in total. The van der Waals surface area contributed by atoms with Crippen molar-refractivity contribution in [2.45, 2.75) is 0 Å². The van der Waals surface area contributed by atoms with E-state index < -0.39 is 8.80 Å². The van der Waals surface area contributed by atoms with Gasteiger partial charge in [0.25, 0.3) is 0 Å². The second-order valence-corrected chi connectivity index (χ2v) is 16.8. The summed E-state index contributed by atoms with van der Waals surface area (Å²) in [6.07, 6.45) is 0. The minimum absolute atomic E-state index is 0.628. The summed E-state index contributed by atoms with van der Waals surface area (Å²) in [6.45, 7) is 0. The van der Waals surface area contributed by atoms with Crippen LogP contribution in [0.25, 0.3) is 55.2 Å². The van der Waals surface area contributed by atoms with Gasteiger partial charge in [0.2, 0.25) is 5.89 Å². The molecular weight excluding hydrogens is 685 g/mol. The van der Waals surface area contributed by atoms with Crippen LogP contribution in [0.15, 0.2) is 217 Å². The second kappa shape index (κ2) is 14.1. The summed E-state index contributed by atoms with van der Waals surface area (Å²) >= 11 is 0. The van der Waals surface area contributed by atoms with Crippen LogP contribution in [0.4, 0.5) is 17.1 Å². The van der Waals surface area contributed by atoms with Crippen LogP contribution < -0.4 is 20.5 Å². The Hall–Kier alpha value is -7.01. The summed E-state index contributed by atoms with van der Waals surface area (Å²) in [5, 5.41) is 8.61. The summed E-state index contributed by atoms with van der Waals surface area (Å²) in [5.74, 6) is 0.628. The lowest BCUT2D eigenvalue weighted by atomic mass is 9.99. The van der Waals surface area contributed by atoms with Crippen LogP contribution >= 0.6 is 0 Å². The molecule has 0 radical (unpaired) electrons. The van der Waals surface area contributed by atoms with Gasteiger partial charge >= 0.3 is 0 Å². The molecule has 0 fully saturated rings. The fourth-order valence-corrected chi connectivity index (χ4v) is 11.0. The molecule has 0 saturated heterocycles. The van der Waals surface area contributed by atoms with E-state index in [1.165, 1.54) is 26.7 Å². The van der Waals surface area contributed by atoms with Crippen LogP contribution in [-0.4, -0.2) is 13.8 Å². The average Bonchev–Trinajstić information content (AvgIpc) is 3.70. The number of oxazole rings is 1. The first-order valence-corrected chi connectivity index (χ1v) is 20.5. The third-order valence-electron chi connectivity index (χ3n) is 10.6. The van der Waals surface area contributed by atoms with Gasteiger partial charge < -0.3 is 9.32 Å². The first-order chi connectivity index (χ1) is 27.3. The largest absolute Gasteiger partial charge is 0.435 e. The molecule has 4 heteroatoms. The standard InChI is InChI=1S/C51H36N2OSi/c1-5-15-36(16-6-1)40-19-13-20-41(33-40)53(42-21-14-26-46(34-42)55(44-22-9-3-10-23-44)45-24-11-4-12-25-45)43-31-29-37-27-28-38-30-32-48-50(49(38)47(37)35-43)54-51(52-48)39-17-7-2-8-18-39/h1-35,55H. The Morgan fingerprint density at radius 3 is 1.64 bits per heavy atom. The monoisotopic (exact) mass is 720 g/mol. The molecule has 0 saturated carbocycles. The lowest BCUT2D eigenvalue weighted by Crippen LogP contribution is -2.51. The van der Waals surface area contributed by atoms with Crippen molar-refractivity contribution in [3.8, 4) is 22.6 Å². The number of nitrogens with zero attached hydrogens (tertiary/aromatic N) is 2. The third-order valence-corrected chi connectivity index (χ3v) is 13.7. The van der Waals surface area contributed by atoms with Crippen molar-refractivity contribution < 1.29 is 4.42 Å². The summed E-state index contributed by atoms with van der Waals surface area (Å²) in [4.78, 5) is 7.34. The van der Waals surface area contributed by atoms with Gasteiger partial charge in [0, 0.05) is 28.0 Å². The Kier molecular flexibility index (Phi) is 8.36. The fraction of sp³-hybridized carbons (Fsp3) is 0. The van der Waals surface area contributed by atoms with Crippen LogP contribution in [0.5, 0.6) is 0 Å². The lowest BCUT2D eigenvalue weighted by molar-refractivity contribution is 0.623. The van der Waals surface area contributed by atoms with Gasteiger partial charge in [-0.3, -0.25) is 0 Å². The number of anilines is 3. The highest BCUT2D eigenvalue weighted by Gasteiger charge is 2.22. The quantitative estimate of drug-likeness (QED) is 0.0889. The first kappa shape index (κ1) is 32.6. The van der Waals surface area contributed by atoms with E-state index in [-0.39, 0.29) is 0 Å². The van der Waals surface area contributed by atoms with Gasteiger partial charge in [0.1, 0.15) is 14.3 Å². The van der Waals surface area contributed by atoms with Crippen molar-refractivity contribution in [2.75, 3.05) is 4.90 Å². The summed E-state index contributed by atoms with van der Waals surface area (Å²) in [5.41, 5.74) is 8.24. The molecule has 1 aromatic heterocycles. The fourth-order valence-electron chi connectivity index (χ4n) is 7.97. The Labute approximate surface area is 322 Å². The number of benzene rings is 9. The normalized spacial score (nSPS) is 11.4. The molecule has 10 rings (SSSR count). The van der Waals surface area contributed by atoms with Crippen LogP contribution in [0.2, 0.25) is 0 Å². The SMILES string of the molecule is c1ccc(-c2cccc(N(c3cccc([SiH](c4ccccc4)c4ccccc4)c3)c3ccc4ccc5ccc6nc(-c7ccccc7)oc6c5c4c3)c2)cc1. The van der Waals surface area contributed by atoms with Crippen molar-refractivity contribution in [3.63, 3.8) is 0 Å². The van der Waals surface area contributed by atoms with Crippen molar-refractivity contribution in [3.05, 3.63) is 212 Å². The van der Waals surface area contributed by atoms with Crippen LogP contribution in [0, 0.1) is 0 Å². The predicted molar refractivity (Wildman–Crippen MR) is 234 cm³/mol. The number of fused-ring (bicyclic) bond motifs is 5. The molecule has 0 amide bonds. The number of rotatable bonds is 8. The molecule has 3 nitrogen and oxygen atoms in total. The Bertz CT molecular complexity index is 2890. The third kappa shape index (κ3) is 6.19. The molecule has 9 aromatic carbocycles. The van der Waals surface area contributed by atoms with E-state index in [2.05, 4.69) is 187 Å². The van der Waals surface area contributed by atoms with Gasteiger partial charge in [0.05, 0.1) is 0 Å². The molecule has 0 aliphatic rings.